The third-order valence-electron chi connectivity index (χ3n) is 2.49. The van der Waals surface area contributed by atoms with Gasteiger partial charge in [-0.3, -0.25) is 4.79 Å². The van der Waals surface area contributed by atoms with Gasteiger partial charge < -0.3 is 15.4 Å². The van der Waals surface area contributed by atoms with Gasteiger partial charge in [0.1, 0.15) is 6.10 Å². The zero-order chi connectivity index (χ0) is 13.1. The van der Waals surface area contributed by atoms with E-state index >= 15 is 0 Å². The highest BCUT2D eigenvalue weighted by molar-refractivity contribution is 6.44. The van der Waals surface area contributed by atoms with Crippen LogP contribution in [-0.4, -0.2) is 31.7 Å². The molecule has 1 aliphatic heterocycles. The Bertz CT molecular complexity index is 462. The Hall–Kier alpha value is -0.520. The summed E-state index contributed by atoms with van der Waals surface area (Å²) >= 11 is 17.6. The van der Waals surface area contributed by atoms with Gasteiger partial charge in [0.2, 0.25) is 0 Å². The Morgan fingerprint density at radius 2 is 2.00 bits per heavy atom. The minimum Gasteiger partial charge on any atom is -0.366 e. The van der Waals surface area contributed by atoms with Crippen LogP contribution >= 0.6 is 34.8 Å². The number of ether oxygens (including phenoxy) is 1. The van der Waals surface area contributed by atoms with Gasteiger partial charge in [-0.25, -0.2) is 0 Å². The normalized spacial score (nSPS) is 19.6. The standard InChI is InChI=1S/C11H11Cl3N2O2/c12-6-3-8(14)9(4-7(6)13)16-11(17)10-5-15-1-2-18-10/h3-4,10,15H,1-2,5H2,(H,16,17). The molecular weight excluding hydrogens is 298 g/mol. The number of rotatable bonds is 2. The average molecular weight is 310 g/mol. The zero-order valence-corrected chi connectivity index (χ0v) is 11.6. The zero-order valence-electron chi connectivity index (χ0n) is 9.30. The Morgan fingerprint density at radius 1 is 1.28 bits per heavy atom. The summed E-state index contributed by atoms with van der Waals surface area (Å²) in [5, 5.41) is 6.75. The van der Waals surface area contributed by atoms with E-state index in [1.807, 2.05) is 0 Å². The molecule has 0 bridgehead atoms. The predicted octanol–water partition coefficient (Wildman–Crippen LogP) is 2.57. The smallest absolute Gasteiger partial charge is 0.254 e. The summed E-state index contributed by atoms with van der Waals surface area (Å²) in [6, 6.07) is 3.00. The average Bonchev–Trinajstić information content (AvgIpc) is 2.37. The molecule has 2 N–H and O–H groups in total. The van der Waals surface area contributed by atoms with E-state index in [-0.39, 0.29) is 5.91 Å². The highest BCUT2D eigenvalue weighted by atomic mass is 35.5. The van der Waals surface area contributed by atoms with Crippen molar-refractivity contribution in [1.82, 2.24) is 5.32 Å². The molecule has 0 spiro atoms. The van der Waals surface area contributed by atoms with Gasteiger partial charge in [0.15, 0.2) is 0 Å². The first-order valence-electron chi connectivity index (χ1n) is 5.35. The Balaban J connectivity index is 2.08. The maximum Gasteiger partial charge on any atom is 0.254 e. The van der Waals surface area contributed by atoms with Gasteiger partial charge in [0, 0.05) is 13.1 Å². The number of carbonyl (C=O) groups is 1. The summed E-state index contributed by atoms with van der Waals surface area (Å²) < 4.78 is 5.33. The highest BCUT2D eigenvalue weighted by Gasteiger charge is 2.22. The van der Waals surface area contributed by atoms with Gasteiger partial charge in [0.25, 0.3) is 5.91 Å². The molecule has 2 rings (SSSR count). The van der Waals surface area contributed by atoms with Crippen LogP contribution in [0.4, 0.5) is 5.69 Å². The first kappa shape index (κ1) is 13.9. The van der Waals surface area contributed by atoms with Crippen molar-refractivity contribution in [3.05, 3.63) is 27.2 Å². The molecule has 1 fully saturated rings. The van der Waals surface area contributed by atoms with E-state index in [1.54, 1.807) is 0 Å². The fourth-order valence-corrected chi connectivity index (χ4v) is 2.16. The minimum atomic E-state index is -0.524. The minimum absolute atomic E-state index is 0.262. The lowest BCUT2D eigenvalue weighted by Gasteiger charge is -2.23. The molecule has 1 aromatic rings. The SMILES string of the molecule is O=C(Nc1cc(Cl)c(Cl)cc1Cl)C1CNCCO1. The van der Waals surface area contributed by atoms with Crippen LogP contribution in [0.2, 0.25) is 15.1 Å². The molecule has 0 aromatic heterocycles. The van der Waals surface area contributed by atoms with Crippen LogP contribution in [0.5, 0.6) is 0 Å². The Labute approximate surface area is 120 Å². The summed E-state index contributed by atoms with van der Waals surface area (Å²) in [5.41, 5.74) is 0.422. The Morgan fingerprint density at radius 3 is 2.67 bits per heavy atom. The summed E-state index contributed by atoms with van der Waals surface area (Å²) in [7, 11) is 0. The van der Waals surface area contributed by atoms with E-state index in [2.05, 4.69) is 10.6 Å². The van der Waals surface area contributed by atoms with Crippen LogP contribution in [0.25, 0.3) is 0 Å². The van der Waals surface area contributed by atoms with E-state index in [1.165, 1.54) is 12.1 Å². The number of nitrogens with one attached hydrogen (secondary N) is 2. The molecule has 0 saturated carbocycles. The molecule has 0 aliphatic carbocycles. The van der Waals surface area contributed by atoms with Crippen molar-refractivity contribution in [3.63, 3.8) is 0 Å². The maximum atomic E-state index is 11.9. The summed E-state index contributed by atoms with van der Waals surface area (Å²) in [5.74, 6) is -0.262. The third-order valence-corrected chi connectivity index (χ3v) is 3.52. The first-order valence-corrected chi connectivity index (χ1v) is 6.49. The predicted molar refractivity (Wildman–Crippen MR) is 72.7 cm³/mol. The molecule has 1 aliphatic rings. The second-order valence-electron chi connectivity index (χ2n) is 3.80. The molecule has 0 radical (unpaired) electrons. The molecule has 1 heterocycles. The largest absolute Gasteiger partial charge is 0.366 e. The number of hydrogen-bond acceptors (Lipinski definition) is 3. The monoisotopic (exact) mass is 308 g/mol. The summed E-state index contributed by atoms with van der Waals surface area (Å²) in [6.45, 7) is 1.73. The lowest BCUT2D eigenvalue weighted by molar-refractivity contribution is -0.128. The number of benzene rings is 1. The Kier molecular flexibility index (Phi) is 4.70. The van der Waals surface area contributed by atoms with Crippen LogP contribution in [0, 0.1) is 0 Å². The van der Waals surface area contributed by atoms with Gasteiger partial charge in [-0.05, 0) is 12.1 Å². The van der Waals surface area contributed by atoms with Crippen LogP contribution < -0.4 is 10.6 Å². The van der Waals surface area contributed by atoms with Gasteiger partial charge in [-0.1, -0.05) is 34.8 Å². The molecule has 1 atom stereocenters. The molecule has 1 amide bonds. The number of hydrogen-bond donors (Lipinski definition) is 2. The maximum absolute atomic E-state index is 11.9. The van der Waals surface area contributed by atoms with Gasteiger partial charge >= 0.3 is 0 Å². The number of halogens is 3. The molecule has 98 valence electrons. The summed E-state index contributed by atoms with van der Waals surface area (Å²) in [4.78, 5) is 11.9. The third kappa shape index (κ3) is 3.28. The molecular formula is C11H11Cl3N2O2. The van der Waals surface area contributed by atoms with E-state index in [0.717, 1.165) is 6.54 Å². The topological polar surface area (TPSA) is 50.4 Å². The first-order chi connectivity index (χ1) is 8.58. The van der Waals surface area contributed by atoms with Crippen LogP contribution in [0.1, 0.15) is 0 Å². The van der Waals surface area contributed by atoms with Gasteiger partial charge in [0.05, 0.1) is 27.4 Å². The van der Waals surface area contributed by atoms with E-state index < -0.39 is 6.10 Å². The van der Waals surface area contributed by atoms with Crippen LogP contribution in [-0.2, 0) is 9.53 Å². The molecule has 4 nitrogen and oxygen atoms in total. The number of carbonyl (C=O) groups excluding carboxylic acids is 1. The van der Waals surface area contributed by atoms with Crippen molar-refractivity contribution < 1.29 is 9.53 Å². The lowest BCUT2D eigenvalue weighted by atomic mass is 10.2. The van der Waals surface area contributed by atoms with Crippen LogP contribution in [0.3, 0.4) is 0 Å². The molecule has 1 saturated heterocycles. The molecule has 1 aromatic carbocycles. The van der Waals surface area contributed by atoms with E-state index in [4.69, 9.17) is 39.5 Å². The fourth-order valence-electron chi connectivity index (χ4n) is 1.57. The molecule has 7 heteroatoms. The second-order valence-corrected chi connectivity index (χ2v) is 5.02. The van der Waals surface area contributed by atoms with Gasteiger partial charge in [-0.2, -0.15) is 0 Å². The number of morpholine rings is 1. The van der Waals surface area contributed by atoms with E-state index in [0.29, 0.717) is 33.9 Å². The van der Waals surface area contributed by atoms with E-state index in [9.17, 15) is 4.79 Å². The van der Waals surface area contributed by atoms with Gasteiger partial charge in [-0.15, -0.1) is 0 Å². The quantitative estimate of drug-likeness (QED) is 0.826. The second kappa shape index (κ2) is 6.08. The highest BCUT2D eigenvalue weighted by Crippen LogP contribution is 2.32. The molecule has 1 unspecified atom stereocenters. The summed E-state index contributed by atoms with van der Waals surface area (Å²) in [6.07, 6.45) is -0.524. The number of anilines is 1. The fraction of sp³-hybridized carbons (Fsp3) is 0.364. The number of amides is 1. The van der Waals surface area contributed by atoms with Crippen molar-refractivity contribution in [2.75, 3.05) is 25.0 Å². The van der Waals surface area contributed by atoms with Crippen LogP contribution in [0.15, 0.2) is 12.1 Å². The van der Waals surface area contributed by atoms with Crippen molar-refractivity contribution in [1.29, 1.82) is 0 Å². The lowest BCUT2D eigenvalue weighted by Crippen LogP contribution is -2.45. The van der Waals surface area contributed by atoms with Crippen molar-refractivity contribution >= 4 is 46.4 Å². The molecule has 18 heavy (non-hydrogen) atoms. The van der Waals surface area contributed by atoms with Crippen molar-refractivity contribution in [2.24, 2.45) is 0 Å². The van der Waals surface area contributed by atoms with Crippen molar-refractivity contribution in [2.45, 2.75) is 6.10 Å². The van der Waals surface area contributed by atoms with Crippen molar-refractivity contribution in [3.8, 4) is 0 Å².